The largest absolute Gasteiger partial charge is 0.351 e. The summed E-state index contributed by atoms with van der Waals surface area (Å²) in [4.78, 5) is 11.6. The monoisotopic (exact) mass is 258 g/mol. The summed E-state index contributed by atoms with van der Waals surface area (Å²) in [6.45, 7) is 5.12. The number of nitrogens with one attached hydrogen (secondary N) is 2. The Labute approximate surface area is 105 Å². The molecule has 2 N–H and O–H groups in total. The second kappa shape index (κ2) is 6.57. The van der Waals surface area contributed by atoms with Gasteiger partial charge in [-0.3, -0.25) is 4.79 Å². The van der Waals surface area contributed by atoms with E-state index < -0.39 is 11.7 Å². The van der Waals surface area contributed by atoms with Crippen LogP contribution in [0.15, 0.2) is 18.2 Å². The average molecular weight is 259 g/mol. The molecule has 0 unspecified atom stereocenters. The van der Waals surface area contributed by atoms with E-state index >= 15 is 0 Å². The summed E-state index contributed by atoms with van der Waals surface area (Å²) in [6.07, 6.45) is 0. The van der Waals surface area contributed by atoms with Crippen LogP contribution in [-0.2, 0) is 0 Å². The zero-order chi connectivity index (χ0) is 12.8. The van der Waals surface area contributed by atoms with Gasteiger partial charge in [0, 0.05) is 24.2 Å². The van der Waals surface area contributed by atoms with E-state index in [2.05, 4.69) is 10.6 Å². The number of hydrogen-bond donors (Lipinski definition) is 2. The maximum atomic E-state index is 13.3. The van der Waals surface area contributed by atoms with Crippen molar-refractivity contribution < 1.29 is 9.18 Å². The Balaban J connectivity index is 2.49. The Bertz CT molecular complexity index is 396. The Morgan fingerprint density at radius 1 is 1.41 bits per heavy atom. The standard InChI is InChI=1S/C12H16ClFN2O/c1-8(2)15-5-6-16-12(17)10-7-9(13)3-4-11(10)14/h3-4,7-8,15H,5-6H2,1-2H3,(H,16,17). The van der Waals surface area contributed by atoms with Crippen LogP contribution >= 0.6 is 11.6 Å². The summed E-state index contributed by atoms with van der Waals surface area (Å²) in [5, 5.41) is 6.11. The molecule has 0 radical (unpaired) electrons. The van der Waals surface area contributed by atoms with Crippen LogP contribution in [-0.4, -0.2) is 25.0 Å². The van der Waals surface area contributed by atoms with Crippen LogP contribution in [0.3, 0.4) is 0 Å². The zero-order valence-corrected chi connectivity index (χ0v) is 10.6. The van der Waals surface area contributed by atoms with Gasteiger partial charge in [-0.2, -0.15) is 0 Å². The molecule has 3 nitrogen and oxygen atoms in total. The van der Waals surface area contributed by atoms with Gasteiger partial charge in [-0.15, -0.1) is 0 Å². The summed E-state index contributed by atoms with van der Waals surface area (Å²) in [7, 11) is 0. The molecule has 0 spiro atoms. The van der Waals surface area contributed by atoms with Crippen molar-refractivity contribution in [3.8, 4) is 0 Å². The van der Waals surface area contributed by atoms with Crippen LogP contribution in [0.25, 0.3) is 0 Å². The molecule has 0 saturated carbocycles. The predicted octanol–water partition coefficient (Wildman–Crippen LogP) is 2.21. The molecule has 94 valence electrons. The fourth-order valence-electron chi connectivity index (χ4n) is 1.30. The van der Waals surface area contributed by atoms with Crippen molar-refractivity contribution in [2.75, 3.05) is 13.1 Å². The first-order chi connectivity index (χ1) is 8.00. The molecule has 0 saturated heterocycles. The maximum absolute atomic E-state index is 13.3. The van der Waals surface area contributed by atoms with Gasteiger partial charge in [-0.05, 0) is 18.2 Å². The van der Waals surface area contributed by atoms with Crippen LogP contribution < -0.4 is 10.6 Å². The van der Waals surface area contributed by atoms with E-state index in [4.69, 9.17) is 11.6 Å². The van der Waals surface area contributed by atoms with Crippen LogP contribution in [0.2, 0.25) is 5.02 Å². The van der Waals surface area contributed by atoms with E-state index in [0.29, 0.717) is 24.2 Å². The van der Waals surface area contributed by atoms with Crippen molar-refractivity contribution in [3.05, 3.63) is 34.6 Å². The fraction of sp³-hybridized carbons (Fsp3) is 0.417. The Hall–Kier alpha value is -1.13. The van der Waals surface area contributed by atoms with Gasteiger partial charge in [0.1, 0.15) is 5.82 Å². The Morgan fingerprint density at radius 3 is 2.76 bits per heavy atom. The average Bonchev–Trinajstić information content (AvgIpc) is 2.27. The number of hydrogen-bond acceptors (Lipinski definition) is 2. The summed E-state index contributed by atoms with van der Waals surface area (Å²) in [5.41, 5.74) is -0.0259. The van der Waals surface area contributed by atoms with Gasteiger partial charge in [0.15, 0.2) is 0 Å². The third-order valence-corrected chi connectivity index (χ3v) is 2.37. The van der Waals surface area contributed by atoms with Crippen molar-refractivity contribution in [1.29, 1.82) is 0 Å². The van der Waals surface area contributed by atoms with Gasteiger partial charge in [0.2, 0.25) is 0 Å². The van der Waals surface area contributed by atoms with Gasteiger partial charge < -0.3 is 10.6 Å². The lowest BCUT2D eigenvalue weighted by molar-refractivity contribution is 0.0949. The molecule has 1 aromatic carbocycles. The van der Waals surface area contributed by atoms with Crippen molar-refractivity contribution in [2.45, 2.75) is 19.9 Å². The number of halogens is 2. The molecule has 0 atom stereocenters. The Kier molecular flexibility index (Phi) is 5.38. The lowest BCUT2D eigenvalue weighted by atomic mass is 10.2. The molecule has 0 fully saturated rings. The van der Waals surface area contributed by atoms with Gasteiger partial charge >= 0.3 is 0 Å². The van der Waals surface area contributed by atoms with Gasteiger partial charge in [0.25, 0.3) is 5.91 Å². The van der Waals surface area contributed by atoms with E-state index in [1.54, 1.807) is 0 Å². The number of rotatable bonds is 5. The highest BCUT2D eigenvalue weighted by Crippen LogP contribution is 2.14. The molecule has 5 heteroatoms. The number of benzene rings is 1. The minimum Gasteiger partial charge on any atom is -0.351 e. The van der Waals surface area contributed by atoms with E-state index in [1.807, 2.05) is 13.8 Å². The van der Waals surface area contributed by atoms with Crippen molar-refractivity contribution in [1.82, 2.24) is 10.6 Å². The maximum Gasteiger partial charge on any atom is 0.254 e. The van der Waals surface area contributed by atoms with Crippen molar-refractivity contribution in [2.24, 2.45) is 0 Å². The molecular weight excluding hydrogens is 243 g/mol. The first-order valence-corrected chi connectivity index (χ1v) is 5.85. The summed E-state index contributed by atoms with van der Waals surface area (Å²) >= 11 is 5.70. The lowest BCUT2D eigenvalue weighted by Gasteiger charge is -2.09. The molecule has 0 aliphatic carbocycles. The van der Waals surface area contributed by atoms with E-state index in [-0.39, 0.29) is 5.56 Å². The highest BCUT2D eigenvalue weighted by Gasteiger charge is 2.11. The van der Waals surface area contributed by atoms with E-state index in [0.717, 1.165) is 0 Å². The van der Waals surface area contributed by atoms with Crippen molar-refractivity contribution in [3.63, 3.8) is 0 Å². The first-order valence-electron chi connectivity index (χ1n) is 5.47. The van der Waals surface area contributed by atoms with Crippen LogP contribution in [0.1, 0.15) is 24.2 Å². The van der Waals surface area contributed by atoms with E-state index in [1.165, 1.54) is 18.2 Å². The minimum atomic E-state index is -0.566. The lowest BCUT2D eigenvalue weighted by Crippen LogP contribution is -2.34. The summed E-state index contributed by atoms with van der Waals surface area (Å²) in [5.74, 6) is -1.01. The molecule has 17 heavy (non-hydrogen) atoms. The smallest absolute Gasteiger partial charge is 0.254 e. The molecule has 1 amide bonds. The van der Waals surface area contributed by atoms with Gasteiger partial charge in [-0.1, -0.05) is 25.4 Å². The summed E-state index contributed by atoms with van der Waals surface area (Å²) in [6, 6.07) is 4.27. The highest BCUT2D eigenvalue weighted by molar-refractivity contribution is 6.30. The summed E-state index contributed by atoms with van der Waals surface area (Å²) < 4.78 is 13.3. The second-order valence-corrected chi connectivity index (χ2v) is 4.43. The van der Waals surface area contributed by atoms with Gasteiger partial charge in [0.05, 0.1) is 5.56 Å². The SMILES string of the molecule is CC(C)NCCNC(=O)c1cc(Cl)ccc1F. The molecule has 1 rings (SSSR count). The van der Waals surface area contributed by atoms with Crippen molar-refractivity contribution >= 4 is 17.5 Å². The molecular formula is C12H16ClFN2O. The predicted molar refractivity (Wildman–Crippen MR) is 66.9 cm³/mol. The molecule has 0 aliphatic rings. The Morgan fingerprint density at radius 2 is 2.12 bits per heavy atom. The highest BCUT2D eigenvalue weighted by atomic mass is 35.5. The molecule has 0 heterocycles. The minimum absolute atomic E-state index is 0.0259. The molecule has 0 bridgehead atoms. The fourth-order valence-corrected chi connectivity index (χ4v) is 1.48. The van der Waals surface area contributed by atoms with Crippen LogP contribution in [0, 0.1) is 5.82 Å². The number of carbonyl (C=O) groups excluding carboxylic acids is 1. The zero-order valence-electron chi connectivity index (χ0n) is 9.89. The third kappa shape index (κ3) is 4.71. The second-order valence-electron chi connectivity index (χ2n) is 3.99. The quantitative estimate of drug-likeness (QED) is 0.795. The van der Waals surface area contributed by atoms with E-state index in [9.17, 15) is 9.18 Å². The third-order valence-electron chi connectivity index (χ3n) is 2.14. The normalized spacial score (nSPS) is 10.6. The first kappa shape index (κ1) is 13.9. The topological polar surface area (TPSA) is 41.1 Å². The number of amides is 1. The molecule has 1 aromatic rings. The molecule has 0 aromatic heterocycles. The van der Waals surface area contributed by atoms with Gasteiger partial charge in [-0.25, -0.2) is 4.39 Å². The molecule has 0 aliphatic heterocycles. The number of carbonyl (C=O) groups is 1. The van der Waals surface area contributed by atoms with Crippen LogP contribution in [0.5, 0.6) is 0 Å². The van der Waals surface area contributed by atoms with Crippen LogP contribution in [0.4, 0.5) is 4.39 Å².